The number of ether oxygens (including phenoxy) is 2. The molecular weight excluding hydrogens is 966 g/mol. The van der Waals surface area contributed by atoms with Crippen LogP contribution in [0.25, 0.3) is 0 Å². The number of esters is 2. The topological polar surface area (TPSA) is 111 Å². The first-order chi connectivity index (χ1) is 37.0. The average Bonchev–Trinajstić information content (AvgIpc) is 3.38. The second kappa shape index (κ2) is 56.6. The highest BCUT2D eigenvalue weighted by Crippen LogP contribution is 2.38. The van der Waals surface area contributed by atoms with Gasteiger partial charge in [-0.2, -0.15) is 0 Å². The summed E-state index contributed by atoms with van der Waals surface area (Å²) in [7, 11) is 1.17. The summed E-state index contributed by atoms with van der Waals surface area (Å²) in [5.74, 6) is -0.829. The van der Waals surface area contributed by atoms with E-state index < -0.39 is 26.5 Å². The zero-order chi connectivity index (χ0) is 55.6. The van der Waals surface area contributed by atoms with E-state index in [4.69, 9.17) is 18.5 Å². The Balaban J connectivity index is 4.01. The molecule has 0 aliphatic heterocycles. The molecule has 10 heteroatoms. The van der Waals surface area contributed by atoms with Gasteiger partial charge in [-0.05, 0) is 77.0 Å². The average molecular weight is 1080 g/mol. The highest BCUT2D eigenvalue weighted by molar-refractivity contribution is 7.45. The van der Waals surface area contributed by atoms with Gasteiger partial charge in [-0.25, -0.2) is 0 Å². The molecule has 2 unspecified atom stereocenters. The number of carbonyl (C=O) groups is 2. The summed E-state index contributed by atoms with van der Waals surface area (Å²) >= 11 is 0. The fraction of sp³-hybridized carbons (Fsp3) is 0.727. The number of quaternary nitrogens is 1. The molecule has 0 bridgehead atoms. The predicted molar refractivity (Wildman–Crippen MR) is 323 cm³/mol. The maximum absolute atomic E-state index is 12.8. The van der Waals surface area contributed by atoms with Crippen molar-refractivity contribution in [3.05, 3.63) is 97.2 Å². The van der Waals surface area contributed by atoms with E-state index in [1.165, 1.54) is 135 Å². The van der Waals surface area contributed by atoms with Crippen molar-refractivity contribution in [3.8, 4) is 0 Å². The molecule has 0 aliphatic carbocycles. The minimum atomic E-state index is -4.63. The maximum atomic E-state index is 12.8. The third-order valence-electron chi connectivity index (χ3n) is 13.1. The molecule has 0 radical (unpaired) electrons. The number of allylic oxidation sites excluding steroid dienone is 16. The first-order valence-corrected chi connectivity index (χ1v) is 32.4. The normalized spacial score (nSPS) is 13.9. The molecule has 0 spiro atoms. The van der Waals surface area contributed by atoms with Crippen LogP contribution in [0.3, 0.4) is 0 Å². The lowest BCUT2D eigenvalue weighted by molar-refractivity contribution is -0.870. The Labute approximate surface area is 468 Å². The first-order valence-electron chi connectivity index (χ1n) is 30.9. The molecule has 76 heavy (non-hydrogen) atoms. The molecule has 438 valence electrons. The van der Waals surface area contributed by atoms with Gasteiger partial charge in [-0.3, -0.25) is 14.2 Å². The summed E-state index contributed by atoms with van der Waals surface area (Å²) in [6.07, 6.45) is 77.6. The molecule has 0 aromatic carbocycles. The van der Waals surface area contributed by atoms with Crippen molar-refractivity contribution in [2.24, 2.45) is 0 Å². The number of unbranched alkanes of at least 4 members (excludes halogenated alkanes) is 26. The summed E-state index contributed by atoms with van der Waals surface area (Å²) in [6.45, 7) is 4.13. The van der Waals surface area contributed by atoms with Gasteiger partial charge >= 0.3 is 11.9 Å². The van der Waals surface area contributed by atoms with Gasteiger partial charge in [0.25, 0.3) is 7.82 Å². The second-order valence-electron chi connectivity index (χ2n) is 21.7. The van der Waals surface area contributed by atoms with Crippen molar-refractivity contribution in [2.75, 3.05) is 47.5 Å². The smallest absolute Gasteiger partial charge is 0.306 e. The van der Waals surface area contributed by atoms with Gasteiger partial charge in [-0.15, -0.1) is 0 Å². The van der Waals surface area contributed by atoms with Gasteiger partial charge in [0.1, 0.15) is 19.8 Å². The van der Waals surface area contributed by atoms with Crippen molar-refractivity contribution in [1.82, 2.24) is 0 Å². The van der Waals surface area contributed by atoms with E-state index in [1.807, 2.05) is 21.1 Å². The third-order valence-corrected chi connectivity index (χ3v) is 14.1. The van der Waals surface area contributed by atoms with Crippen molar-refractivity contribution in [3.63, 3.8) is 0 Å². The third kappa shape index (κ3) is 60.2. The van der Waals surface area contributed by atoms with Gasteiger partial charge < -0.3 is 27.9 Å². The summed E-state index contributed by atoms with van der Waals surface area (Å²) in [6, 6.07) is 0. The van der Waals surface area contributed by atoms with Crippen LogP contribution in [-0.4, -0.2) is 70.0 Å². The number of hydrogen-bond acceptors (Lipinski definition) is 8. The van der Waals surface area contributed by atoms with E-state index in [9.17, 15) is 19.0 Å². The molecule has 0 heterocycles. The van der Waals surface area contributed by atoms with Gasteiger partial charge in [0.05, 0.1) is 27.7 Å². The van der Waals surface area contributed by atoms with Crippen molar-refractivity contribution < 1.29 is 42.1 Å². The maximum Gasteiger partial charge on any atom is 0.306 e. The van der Waals surface area contributed by atoms with Crippen molar-refractivity contribution in [2.45, 2.75) is 264 Å². The SMILES string of the molecule is CC/C=C\C/C=C\C/C=C\C/C=C\C/C=C\C/C=C\C/C=C\C/C=C\CCCCCCCCCCCCCCCCC(=O)OC(COC(=O)CCCCCCCCCCCCCCC)COP(=O)([O-])OCC[N+](C)(C)C. The molecule has 0 aromatic rings. The van der Waals surface area contributed by atoms with Crippen LogP contribution in [0.2, 0.25) is 0 Å². The summed E-state index contributed by atoms with van der Waals surface area (Å²) < 4.78 is 34.1. The molecule has 0 saturated heterocycles. The molecule has 0 N–H and O–H groups in total. The van der Waals surface area contributed by atoms with Crippen LogP contribution >= 0.6 is 7.82 Å². The van der Waals surface area contributed by atoms with Crippen molar-refractivity contribution >= 4 is 19.8 Å². The predicted octanol–water partition coefficient (Wildman–Crippen LogP) is 19.0. The first kappa shape index (κ1) is 72.9. The molecule has 0 saturated carbocycles. The quantitative estimate of drug-likeness (QED) is 0.0195. The standard InChI is InChI=1S/C66H116NO8P/c1-6-8-10-12-14-16-18-20-21-22-23-24-25-26-27-28-29-30-31-32-33-34-35-36-37-38-39-40-41-42-43-44-45-47-49-51-53-55-57-59-66(69)75-64(63-74-76(70,71)73-61-60-67(3,4)5)62-72-65(68)58-56-54-52-50-48-46-19-17-15-13-11-9-7-2/h8,10,14,16,20-21,23-24,26-27,29-30,32-33,35-36,64H,6-7,9,11-13,15,17-19,22,25,28,31,34,37-63H2,1-5H3/b10-8-,16-14-,21-20-,24-23-,27-26-,30-29-,33-32-,36-35-. The lowest BCUT2D eigenvalue weighted by Gasteiger charge is -2.28. The lowest BCUT2D eigenvalue weighted by atomic mass is 10.0. The summed E-state index contributed by atoms with van der Waals surface area (Å²) in [5, 5.41) is 0. The van der Waals surface area contributed by atoms with E-state index in [0.717, 1.165) is 89.9 Å². The Bertz CT molecular complexity index is 1600. The summed E-state index contributed by atoms with van der Waals surface area (Å²) in [4.78, 5) is 37.8. The van der Waals surface area contributed by atoms with E-state index >= 15 is 0 Å². The van der Waals surface area contributed by atoms with Crippen LogP contribution in [0.4, 0.5) is 0 Å². The number of nitrogens with zero attached hydrogens (tertiary/aromatic N) is 1. The number of phosphoric ester groups is 1. The Morgan fingerprint density at radius 1 is 0.421 bits per heavy atom. The van der Waals surface area contributed by atoms with Crippen LogP contribution in [0, 0.1) is 0 Å². The Morgan fingerprint density at radius 3 is 1.12 bits per heavy atom. The van der Waals surface area contributed by atoms with Crippen LogP contribution in [0.15, 0.2) is 97.2 Å². The van der Waals surface area contributed by atoms with Crippen LogP contribution < -0.4 is 4.89 Å². The highest BCUT2D eigenvalue weighted by atomic mass is 31.2. The molecule has 0 amide bonds. The number of phosphoric acid groups is 1. The molecular formula is C66H116NO8P. The summed E-state index contributed by atoms with van der Waals surface area (Å²) in [5.41, 5.74) is 0. The van der Waals surface area contributed by atoms with Crippen molar-refractivity contribution in [1.29, 1.82) is 0 Å². The fourth-order valence-electron chi connectivity index (χ4n) is 8.38. The lowest BCUT2D eigenvalue weighted by Crippen LogP contribution is -2.37. The van der Waals surface area contributed by atoms with Gasteiger partial charge in [0, 0.05) is 12.8 Å². The van der Waals surface area contributed by atoms with Crippen LogP contribution in [0.5, 0.6) is 0 Å². The molecule has 9 nitrogen and oxygen atoms in total. The number of likely N-dealkylation sites (N-methyl/N-ethyl adjacent to an activating group) is 1. The molecule has 0 aromatic heterocycles. The largest absolute Gasteiger partial charge is 0.756 e. The fourth-order valence-corrected chi connectivity index (χ4v) is 9.11. The minimum absolute atomic E-state index is 0.0321. The van der Waals surface area contributed by atoms with Crippen LogP contribution in [0.1, 0.15) is 258 Å². The van der Waals surface area contributed by atoms with Crippen LogP contribution in [-0.2, 0) is 32.7 Å². The van der Waals surface area contributed by atoms with E-state index in [-0.39, 0.29) is 32.0 Å². The number of hydrogen-bond donors (Lipinski definition) is 0. The van der Waals surface area contributed by atoms with E-state index in [2.05, 4.69) is 111 Å². The Morgan fingerprint density at radius 2 is 0.750 bits per heavy atom. The number of carbonyl (C=O) groups excluding carboxylic acids is 2. The van der Waals surface area contributed by atoms with Gasteiger partial charge in [0.15, 0.2) is 6.10 Å². The second-order valence-corrected chi connectivity index (χ2v) is 23.1. The molecule has 0 fully saturated rings. The zero-order valence-electron chi connectivity index (χ0n) is 49.7. The molecule has 0 rings (SSSR count). The minimum Gasteiger partial charge on any atom is -0.756 e. The Kier molecular flexibility index (Phi) is 54.4. The van der Waals surface area contributed by atoms with E-state index in [1.54, 1.807) is 0 Å². The highest BCUT2D eigenvalue weighted by Gasteiger charge is 2.22. The molecule has 0 aliphatic rings. The zero-order valence-corrected chi connectivity index (χ0v) is 50.6. The monoisotopic (exact) mass is 1080 g/mol. The Hall–Kier alpha value is -3.07. The van der Waals surface area contributed by atoms with Gasteiger partial charge in [0.2, 0.25) is 0 Å². The van der Waals surface area contributed by atoms with Gasteiger partial charge in [-0.1, -0.05) is 265 Å². The van der Waals surface area contributed by atoms with E-state index in [0.29, 0.717) is 17.4 Å². The molecule has 2 atom stereocenters. The number of rotatable bonds is 56.